The molecule has 0 fully saturated rings. The molecule has 86 valence electrons. The first-order chi connectivity index (χ1) is 7.70. The molecule has 0 aliphatic rings. The molecular weight excluding hydrogens is 202 g/mol. The molecule has 0 saturated carbocycles. The molecule has 2 aromatic heterocycles. The molecule has 0 amide bonds. The lowest BCUT2D eigenvalue weighted by Crippen LogP contribution is -2.06. The largest absolute Gasteiger partial charge is 0.346 e. The molecule has 0 bridgehead atoms. The van der Waals surface area contributed by atoms with Gasteiger partial charge >= 0.3 is 0 Å². The van der Waals surface area contributed by atoms with E-state index >= 15 is 0 Å². The van der Waals surface area contributed by atoms with Gasteiger partial charge in [0.1, 0.15) is 5.82 Å². The zero-order chi connectivity index (χ0) is 11.5. The number of aryl methyl sites for hydroxylation is 1. The van der Waals surface area contributed by atoms with E-state index in [0.29, 0.717) is 0 Å². The Hall–Kier alpha value is -1.62. The predicted molar refractivity (Wildman–Crippen MR) is 62.0 cm³/mol. The van der Waals surface area contributed by atoms with Crippen LogP contribution in [0.15, 0.2) is 18.5 Å². The summed E-state index contributed by atoms with van der Waals surface area (Å²) in [6.45, 7) is 3.62. The lowest BCUT2D eigenvalue weighted by atomic mass is 10.3. The molecular formula is C11H17N5. The molecule has 2 aromatic rings. The van der Waals surface area contributed by atoms with Gasteiger partial charge in [-0.15, -0.1) is 10.2 Å². The molecule has 1 N–H and O–H groups in total. The third kappa shape index (κ3) is 2.14. The predicted octanol–water partition coefficient (Wildman–Crippen LogP) is 0.693. The summed E-state index contributed by atoms with van der Waals surface area (Å²) in [5.74, 6) is 1.92. The van der Waals surface area contributed by atoms with Crippen molar-refractivity contribution in [1.82, 2.24) is 24.6 Å². The Bertz CT molecular complexity index is 468. The van der Waals surface area contributed by atoms with Crippen LogP contribution < -0.4 is 5.32 Å². The standard InChI is InChI=1S/C11H17N5/c1-9-13-14-11(15(9)3)8-16-5-4-10(7-16)6-12-2/h4-5,7,12H,6,8H2,1-3H3. The summed E-state index contributed by atoms with van der Waals surface area (Å²) in [6, 6.07) is 2.11. The van der Waals surface area contributed by atoms with Crippen molar-refractivity contribution in [2.45, 2.75) is 20.0 Å². The van der Waals surface area contributed by atoms with E-state index in [-0.39, 0.29) is 0 Å². The van der Waals surface area contributed by atoms with Gasteiger partial charge in [-0.2, -0.15) is 0 Å². The minimum Gasteiger partial charge on any atom is -0.346 e. The SMILES string of the molecule is CNCc1ccn(Cc2nnc(C)n2C)c1. The highest BCUT2D eigenvalue weighted by Gasteiger charge is 2.05. The number of nitrogens with one attached hydrogen (secondary N) is 1. The quantitative estimate of drug-likeness (QED) is 0.823. The van der Waals surface area contributed by atoms with Gasteiger partial charge in [0.2, 0.25) is 0 Å². The molecule has 0 saturated heterocycles. The van der Waals surface area contributed by atoms with Gasteiger partial charge in [0.05, 0.1) is 6.54 Å². The summed E-state index contributed by atoms with van der Waals surface area (Å²) in [7, 11) is 3.94. The van der Waals surface area contributed by atoms with Crippen molar-refractivity contribution in [2.75, 3.05) is 7.05 Å². The first-order valence-electron chi connectivity index (χ1n) is 5.35. The number of hydrogen-bond donors (Lipinski definition) is 1. The highest BCUT2D eigenvalue weighted by molar-refractivity contribution is 5.11. The van der Waals surface area contributed by atoms with Crippen LogP contribution in [-0.2, 0) is 20.1 Å². The highest BCUT2D eigenvalue weighted by Crippen LogP contribution is 2.05. The second-order valence-electron chi connectivity index (χ2n) is 3.94. The maximum atomic E-state index is 4.14. The van der Waals surface area contributed by atoms with E-state index in [2.05, 4.69) is 38.5 Å². The maximum absolute atomic E-state index is 4.14. The third-order valence-electron chi connectivity index (χ3n) is 2.70. The van der Waals surface area contributed by atoms with Gasteiger partial charge in [0.25, 0.3) is 0 Å². The van der Waals surface area contributed by atoms with Crippen molar-refractivity contribution >= 4 is 0 Å². The Morgan fingerprint density at radius 2 is 2.19 bits per heavy atom. The number of rotatable bonds is 4. The van der Waals surface area contributed by atoms with E-state index in [1.165, 1.54) is 5.56 Å². The molecule has 16 heavy (non-hydrogen) atoms. The van der Waals surface area contributed by atoms with Gasteiger partial charge in [0.15, 0.2) is 5.82 Å². The first kappa shape index (κ1) is 10.9. The molecule has 0 unspecified atom stereocenters. The first-order valence-corrected chi connectivity index (χ1v) is 5.35. The van der Waals surface area contributed by atoms with E-state index in [1.54, 1.807) is 0 Å². The monoisotopic (exact) mass is 219 g/mol. The Morgan fingerprint density at radius 3 is 2.81 bits per heavy atom. The van der Waals surface area contributed by atoms with Crippen molar-refractivity contribution in [3.8, 4) is 0 Å². The van der Waals surface area contributed by atoms with Crippen molar-refractivity contribution in [2.24, 2.45) is 7.05 Å². The maximum Gasteiger partial charge on any atom is 0.152 e. The van der Waals surface area contributed by atoms with E-state index in [4.69, 9.17) is 0 Å². The van der Waals surface area contributed by atoms with Gasteiger partial charge in [-0.05, 0) is 25.6 Å². The van der Waals surface area contributed by atoms with Crippen molar-refractivity contribution < 1.29 is 0 Å². The molecule has 0 spiro atoms. The van der Waals surface area contributed by atoms with Gasteiger partial charge in [0, 0.05) is 26.0 Å². The average Bonchev–Trinajstić information content (AvgIpc) is 2.82. The van der Waals surface area contributed by atoms with E-state index in [0.717, 1.165) is 24.7 Å². The zero-order valence-corrected chi connectivity index (χ0v) is 9.94. The zero-order valence-electron chi connectivity index (χ0n) is 9.94. The van der Waals surface area contributed by atoms with E-state index < -0.39 is 0 Å². The molecule has 2 heterocycles. The molecule has 0 atom stereocenters. The summed E-state index contributed by atoms with van der Waals surface area (Å²) >= 11 is 0. The second kappa shape index (κ2) is 4.49. The van der Waals surface area contributed by atoms with Crippen LogP contribution in [0, 0.1) is 6.92 Å². The molecule has 0 aliphatic heterocycles. The van der Waals surface area contributed by atoms with Crippen LogP contribution in [0.2, 0.25) is 0 Å². The minimum absolute atomic E-state index is 0.765. The summed E-state index contributed by atoms with van der Waals surface area (Å²) < 4.78 is 4.13. The molecule has 5 heteroatoms. The summed E-state index contributed by atoms with van der Waals surface area (Å²) in [5, 5.41) is 11.3. The van der Waals surface area contributed by atoms with Gasteiger partial charge in [-0.1, -0.05) is 0 Å². The fraction of sp³-hybridized carbons (Fsp3) is 0.455. The van der Waals surface area contributed by atoms with Gasteiger partial charge in [-0.25, -0.2) is 0 Å². The lowest BCUT2D eigenvalue weighted by Gasteiger charge is -2.02. The van der Waals surface area contributed by atoms with Crippen molar-refractivity contribution in [3.05, 3.63) is 35.7 Å². The molecule has 2 rings (SSSR count). The van der Waals surface area contributed by atoms with E-state index in [9.17, 15) is 0 Å². The average molecular weight is 219 g/mol. The van der Waals surface area contributed by atoms with Crippen LogP contribution in [0.4, 0.5) is 0 Å². The van der Waals surface area contributed by atoms with Crippen LogP contribution in [0.3, 0.4) is 0 Å². The Morgan fingerprint density at radius 1 is 1.38 bits per heavy atom. The van der Waals surface area contributed by atoms with Crippen molar-refractivity contribution in [1.29, 1.82) is 0 Å². The highest BCUT2D eigenvalue weighted by atomic mass is 15.3. The molecule has 0 radical (unpaired) electrons. The van der Waals surface area contributed by atoms with Crippen LogP contribution in [0.25, 0.3) is 0 Å². The molecule has 5 nitrogen and oxygen atoms in total. The second-order valence-corrected chi connectivity index (χ2v) is 3.94. The van der Waals surface area contributed by atoms with Gasteiger partial charge in [-0.3, -0.25) is 0 Å². The summed E-state index contributed by atoms with van der Waals surface area (Å²) in [5.41, 5.74) is 1.28. The van der Waals surface area contributed by atoms with E-state index in [1.807, 2.05) is 25.6 Å². The fourth-order valence-electron chi connectivity index (χ4n) is 1.65. The smallest absolute Gasteiger partial charge is 0.152 e. The lowest BCUT2D eigenvalue weighted by molar-refractivity contribution is 0.691. The van der Waals surface area contributed by atoms with Crippen LogP contribution in [0.5, 0.6) is 0 Å². The molecule has 0 aliphatic carbocycles. The van der Waals surface area contributed by atoms with Crippen LogP contribution in [0.1, 0.15) is 17.2 Å². The Balaban J connectivity index is 2.11. The summed E-state index contributed by atoms with van der Waals surface area (Å²) in [4.78, 5) is 0. The van der Waals surface area contributed by atoms with Crippen LogP contribution >= 0.6 is 0 Å². The third-order valence-corrected chi connectivity index (χ3v) is 2.70. The number of aromatic nitrogens is 4. The number of hydrogen-bond acceptors (Lipinski definition) is 3. The van der Waals surface area contributed by atoms with Gasteiger partial charge < -0.3 is 14.5 Å². The summed E-state index contributed by atoms with van der Waals surface area (Å²) in [6.07, 6.45) is 4.19. The Kier molecular flexibility index (Phi) is 3.05. The van der Waals surface area contributed by atoms with Crippen LogP contribution in [-0.4, -0.2) is 26.4 Å². The number of nitrogens with zero attached hydrogens (tertiary/aromatic N) is 4. The van der Waals surface area contributed by atoms with Crippen molar-refractivity contribution in [3.63, 3.8) is 0 Å². The topological polar surface area (TPSA) is 47.7 Å². The minimum atomic E-state index is 0.765. The fourth-order valence-corrected chi connectivity index (χ4v) is 1.65. The Labute approximate surface area is 95.1 Å². The molecule has 0 aromatic carbocycles. The normalized spacial score (nSPS) is 10.9.